The topological polar surface area (TPSA) is 46.9 Å². The summed E-state index contributed by atoms with van der Waals surface area (Å²) in [5.41, 5.74) is 1.91. The maximum absolute atomic E-state index is 12.2. The first-order valence-corrected chi connectivity index (χ1v) is 7.67. The van der Waals surface area contributed by atoms with Crippen molar-refractivity contribution in [3.63, 3.8) is 0 Å². The van der Waals surface area contributed by atoms with Gasteiger partial charge in [-0.1, -0.05) is 31.4 Å². The number of benzene rings is 1. The molecule has 1 aliphatic carbocycles. The molecule has 0 saturated heterocycles. The number of carbonyl (C=O) groups is 1. The number of rotatable bonds is 4. The van der Waals surface area contributed by atoms with Crippen LogP contribution in [0.4, 0.5) is 0 Å². The first-order chi connectivity index (χ1) is 10.3. The van der Waals surface area contributed by atoms with Crippen LogP contribution in [0.15, 0.2) is 43.0 Å². The van der Waals surface area contributed by atoms with Gasteiger partial charge in [0.15, 0.2) is 0 Å². The van der Waals surface area contributed by atoms with Crippen LogP contribution in [0, 0.1) is 0 Å². The Morgan fingerprint density at radius 2 is 1.95 bits per heavy atom. The Kier molecular flexibility index (Phi) is 4.34. The van der Waals surface area contributed by atoms with Crippen molar-refractivity contribution in [1.29, 1.82) is 0 Å². The van der Waals surface area contributed by atoms with Crippen molar-refractivity contribution in [1.82, 2.24) is 14.9 Å². The van der Waals surface area contributed by atoms with E-state index >= 15 is 0 Å². The third-order valence-electron chi connectivity index (χ3n) is 4.08. The zero-order valence-corrected chi connectivity index (χ0v) is 12.2. The van der Waals surface area contributed by atoms with Crippen LogP contribution in [0.2, 0.25) is 0 Å². The maximum atomic E-state index is 12.2. The summed E-state index contributed by atoms with van der Waals surface area (Å²) in [5, 5.41) is 3.15. The second-order valence-corrected chi connectivity index (χ2v) is 5.74. The predicted octanol–water partition coefficient (Wildman–Crippen LogP) is 2.99. The van der Waals surface area contributed by atoms with Crippen molar-refractivity contribution in [2.45, 2.75) is 44.7 Å². The van der Waals surface area contributed by atoms with E-state index in [0.717, 1.165) is 24.9 Å². The first-order valence-electron chi connectivity index (χ1n) is 7.67. The third kappa shape index (κ3) is 3.72. The van der Waals surface area contributed by atoms with Crippen molar-refractivity contribution < 1.29 is 4.79 Å². The van der Waals surface area contributed by atoms with Gasteiger partial charge in [0, 0.05) is 30.5 Å². The van der Waals surface area contributed by atoms with Gasteiger partial charge in [-0.3, -0.25) is 4.79 Å². The van der Waals surface area contributed by atoms with Gasteiger partial charge < -0.3 is 9.88 Å². The van der Waals surface area contributed by atoms with E-state index in [0.29, 0.717) is 6.04 Å². The van der Waals surface area contributed by atoms with E-state index in [1.165, 1.54) is 24.8 Å². The molecule has 4 nitrogen and oxygen atoms in total. The van der Waals surface area contributed by atoms with Crippen LogP contribution in [0.3, 0.4) is 0 Å². The molecule has 1 aliphatic rings. The van der Waals surface area contributed by atoms with Gasteiger partial charge in [-0.2, -0.15) is 0 Å². The number of amides is 1. The fraction of sp³-hybridized carbons (Fsp3) is 0.412. The van der Waals surface area contributed by atoms with E-state index in [1.54, 1.807) is 12.5 Å². The monoisotopic (exact) mass is 283 g/mol. The minimum atomic E-state index is 0.0519. The molecule has 2 aromatic rings. The molecule has 4 heteroatoms. The Balaban J connectivity index is 1.59. The Bertz CT molecular complexity index is 569. The molecule has 21 heavy (non-hydrogen) atoms. The van der Waals surface area contributed by atoms with Gasteiger partial charge in [-0.25, -0.2) is 4.98 Å². The first kappa shape index (κ1) is 13.9. The van der Waals surface area contributed by atoms with Crippen LogP contribution < -0.4 is 5.32 Å². The number of imidazole rings is 1. The SMILES string of the molecule is O=C(NC1CCCCC1)c1ccc(Cn2ccnc2)cc1. The molecule has 0 atom stereocenters. The summed E-state index contributed by atoms with van der Waals surface area (Å²) in [7, 11) is 0. The molecule has 1 amide bonds. The van der Waals surface area contributed by atoms with Crippen LogP contribution in [-0.2, 0) is 6.54 Å². The Hall–Kier alpha value is -2.10. The highest BCUT2D eigenvalue weighted by molar-refractivity contribution is 5.94. The minimum Gasteiger partial charge on any atom is -0.349 e. The van der Waals surface area contributed by atoms with E-state index in [1.807, 2.05) is 35.0 Å². The van der Waals surface area contributed by atoms with Crippen molar-refractivity contribution in [2.24, 2.45) is 0 Å². The zero-order valence-electron chi connectivity index (χ0n) is 12.2. The van der Waals surface area contributed by atoms with Gasteiger partial charge in [-0.05, 0) is 30.5 Å². The molecule has 0 bridgehead atoms. The van der Waals surface area contributed by atoms with Crippen LogP contribution >= 0.6 is 0 Å². The van der Waals surface area contributed by atoms with Gasteiger partial charge in [-0.15, -0.1) is 0 Å². The van der Waals surface area contributed by atoms with Crippen molar-refractivity contribution in [2.75, 3.05) is 0 Å². The van der Waals surface area contributed by atoms with E-state index in [-0.39, 0.29) is 5.91 Å². The summed E-state index contributed by atoms with van der Waals surface area (Å²) in [4.78, 5) is 16.2. The van der Waals surface area contributed by atoms with Crippen LogP contribution in [0.5, 0.6) is 0 Å². The number of hydrogen-bond donors (Lipinski definition) is 1. The highest BCUT2D eigenvalue weighted by Crippen LogP contribution is 2.18. The normalized spacial score (nSPS) is 15.8. The number of nitrogens with one attached hydrogen (secondary N) is 1. The second kappa shape index (κ2) is 6.57. The van der Waals surface area contributed by atoms with Crippen LogP contribution in [0.1, 0.15) is 48.0 Å². The van der Waals surface area contributed by atoms with E-state index < -0.39 is 0 Å². The number of carbonyl (C=O) groups excluding carboxylic acids is 1. The Morgan fingerprint density at radius 3 is 2.62 bits per heavy atom. The molecular formula is C17H21N3O. The number of nitrogens with zero attached hydrogens (tertiary/aromatic N) is 2. The van der Waals surface area contributed by atoms with Crippen molar-refractivity contribution in [3.05, 3.63) is 54.1 Å². The van der Waals surface area contributed by atoms with E-state index in [2.05, 4.69) is 10.3 Å². The molecule has 1 heterocycles. The van der Waals surface area contributed by atoms with E-state index in [9.17, 15) is 4.79 Å². The van der Waals surface area contributed by atoms with Gasteiger partial charge >= 0.3 is 0 Å². The summed E-state index contributed by atoms with van der Waals surface area (Å²) in [5.74, 6) is 0.0519. The number of hydrogen-bond acceptors (Lipinski definition) is 2. The fourth-order valence-corrected chi connectivity index (χ4v) is 2.87. The van der Waals surface area contributed by atoms with Gasteiger partial charge in [0.2, 0.25) is 0 Å². The van der Waals surface area contributed by atoms with Gasteiger partial charge in [0.05, 0.1) is 6.33 Å². The summed E-state index contributed by atoms with van der Waals surface area (Å²) in [6.45, 7) is 0.782. The molecular weight excluding hydrogens is 262 g/mol. The summed E-state index contributed by atoms with van der Waals surface area (Å²) in [6, 6.07) is 8.19. The zero-order chi connectivity index (χ0) is 14.5. The molecule has 3 rings (SSSR count). The van der Waals surface area contributed by atoms with Crippen LogP contribution in [0.25, 0.3) is 0 Å². The lowest BCUT2D eigenvalue weighted by atomic mass is 9.95. The maximum Gasteiger partial charge on any atom is 0.251 e. The highest BCUT2D eigenvalue weighted by atomic mass is 16.1. The molecule has 1 aromatic carbocycles. The minimum absolute atomic E-state index is 0.0519. The number of aromatic nitrogens is 2. The quantitative estimate of drug-likeness (QED) is 0.937. The molecule has 1 fully saturated rings. The fourth-order valence-electron chi connectivity index (χ4n) is 2.87. The Labute approximate surface area is 125 Å². The summed E-state index contributed by atoms with van der Waals surface area (Å²) < 4.78 is 2.01. The lowest BCUT2D eigenvalue weighted by Crippen LogP contribution is -2.36. The van der Waals surface area contributed by atoms with Gasteiger partial charge in [0.25, 0.3) is 5.91 Å². The summed E-state index contributed by atoms with van der Waals surface area (Å²) >= 11 is 0. The molecule has 1 N–H and O–H groups in total. The lowest BCUT2D eigenvalue weighted by molar-refractivity contribution is 0.0927. The molecule has 110 valence electrons. The Morgan fingerprint density at radius 1 is 1.19 bits per heavy atom. The molecule has 1 aromatic heterocycles. The average molecular weight is 283 g/mol. The predicted molar refractivity (Wildman–Crippen MR) is 82.1 cm³/mol. The molecule has 0 radical (unpaired) electrons. The molecule has 0 spiro atoms. The molecule has 0 unspecified atom stereocenters. The van der Waals surface area contributed by atoms with Crippen molar-refractivity contribution in [3.8, 4) is 0 Å². The standard InChI is InChI=1S/C17H21N3O/c21-17(19-16-4-2-1-3-5-16)15-8-6-14(7-9-15)12-20-11-10-18-13-20/h6-11,13,16H,1-5,12H2,(H,19,21). The van der Waals surface area contributed by atoms with Crippen molar-refractivity contribution >= 4 is 5.91 Å². The smallest absolute Gasteiger partial charge is 0.251 e. The van der Waals surface area contributed by atoms with E-state index in [4.69, 9.17) is 0 Å². The second-order valence-electron chi connectivity index (χ2n) is 5.74. The lowest BCUT2D eigenvalue weighted by Gasteiger charge is -2.22. The summed E-state index contributed by atoms with van der Waals surface area (Å²) in [6.07, 6.45) is 11.5. The molecule has 0 aliphatic heterocycles. The average Bonchev–Trinajstić information content (AvgIpc) is 3.02. The van der Waals surface area contributed by atoms with Gasteiger partial charge in [0.1, 0.15) is 0 Å². The highest BCUT2D eigenvalue weighted by Gasteiger charge is 2.16. The third-order valence-corrected chi connectivity index (χ3v) is 4.08. The molecule has 1 saturated carbocycles. The van der Waals surface area contributed by atoms with Crippen LogP contribution in [-0.4, -0.2) is 21.5 Å². The largest absolute Gasteiger partial charge is 0.349 e.